The normalized spacial score (nSPS) is 16.8. The Bertz CT molecular complexity index is 689. The fourth-order valence-corrected chi connectivity index (χ4v) is 4.63. The van der Waals surface area contributed by atoms with Gasteiger partial charge in [-0.15, -0.1) is 11.3 Å². The molecular formula is C18H26N2O3S2. The Balaban J connectivity index is 2.17. The van der Waals surface area contributed by atoms with Crippen molar-refractivity contribution in [2.75, 3.05) is 12.4 Å². The third-order valence-electron chi connectivity index (χ3n) is 4.07. The van der Waals surface area contributed by atoms with Gasteiger partial charge in [0, 0.05) is 11.3 Å². The third kappa shape index (κ3) is 5.25. The molecule has 1 unspecified atom stereocenters. The molecule has 0 spiro atoms. The molecule has 1 aliphatic carbocycles. The van der Waals surface area contributed by atoms with Crippen LogP contribution >= 0.6 is 23.6 Å². The lowest BCUT2D eigenvalue weighted by Crippen LogP contribution is -2.36. The maximum atomic E-state index is 12.3. The number of esters is 1. The van der Waals surface area contributed by atoms with Crippen LogP contribution in [0.4, 0.5) is 5.00 Å². The topological polar surface area (TPSA) is 67.4 Å². The van der Waals surface area contributed by atoms with Crippen molar-refractivity contribution in [2.24, 2.45) is 11.3 Å². The number of thiocarbonyl (C=S) groups is 1. The molecule has 0 radical (unpaired) electrons. The summed E-state index contributed by atoms with van der Waals surface area (Å²) in [6, 6.07) is 0. The fraction of sp³-hybridized carbons (Fsp3) is 0.611. The van der Waals surface area contributed by atoms with Gasteiger partial charge in [0.25, 0.3) is 0 Å². The molecule has 2 rings (SSSR count). The molecule has 1 amide bonds. The van der Waals surface area contributed by atoms with Crippen molar-refractivity contribution in [3.05, 3.63) is 16.0 Å². The van der Waals surface area contributed by atoms with Crippen LogP contribution in [0.3, 0.4) is 0 Å². The number of fused-ring (bicyclic) bond motifs is 1. The Morgan fingerprint density at radius 2 is 2.04 bits per heavy atom. The van der Waals surface area contributed by atoms with E-state index in [1.807, 2.05) is 20.8 Å². The fourth-order valence-electron chi connectivity index (χ4n) is 2.94. The molecule has 0 saturated carbocycles. The summed E-state index contributed by atoms with van der Waals surface area (Å²) in [5.74, 6) is 0.0980. The zero-order chi connectivity index (χ0) is 18.8. The second-order valence-electron chi connectivity index (χ2n) is 7.79. The summed E-state index contributed by atoms with van der Waals surface area (Å²) in [6.45, 7) is 8.19. The maximum absolute atomic E-state index is 12.3. The summed E-state index contributed by atoms with van der Waals surface area (Å²) in [5.41, 5.74) is 1.50. The summed E-state index contributed by atoms with van der Waals surface area (Å²) < 4.78 is 4.95. The Kier molecular flexibility index (Phi) is 6.21. The van der Waals surface area contributed by atoms with Crippen LogP contribution in [0.15, 0.2) is 0 Å². The van der Waals surface area contributed by atoms with E-state index >= 15 is 0 Å². The zero-order valence-electron chi connectivity index (χ0n) is 15.4. The van der Waals surface area contributed by atoms with Crippen LogP contribution in [0.5, 0.6) is 0 Å². The van der Waals surface area contributed by atoms with E-state index in [-0.39, 0.29) is 22.4 Å². The van der Waals surface area contributed by atoms with Crippen molar-refractivity contribution in [1.29, 1.82) is 0 Å². The molecule has 1 atom stereocenters. The lowest BCUT2D eigenvalue weighted by atomic mass is 9.88. The van der Waals surface area contributed by atoms with Gasteiger partial charge in [-0.1, -0.05) is 27.7 Å². The number of anilines is 1. The van der Waals surface area contributed by atoms with Crippen LogP contribution in [0, 0.1) is 11.3 Å². The number of hydrogen-bond acceptors (Lipinski definition) is 5. The lowest BCUT2D eigenvalue weighted by molar-refractivity contribution is -0.121. The molecule has 1 aromatic heterocycles. The van der Waals surface area contributed by atoms with E-state index in [2.05, 4.69) is 17.6 Å². The van der Waals surface area contributed by atoms with Crippen LogP contribution in [-0.2, 0) is 22.4 Å². The molecule has 5 nitrogen and oxygen atoms in total. The SMILES string of the molecule is COC(=O)c1c(NC(=S)NC(=O)CC(C)(C)C)sc2c1CCC(C)C2. The number of ether oxygens (including phenoxy) is 1. The van der Waals surface area contributed by atoms with Crippen LogP contribution in [0.25, 0.3) is 0 Å². The third-order valence-corrected chi connectivity index (χ3v) is 5.45. The number of methoxy groups -OCH3 is 1. The molecule has 25 heavy (non-hydrogen) atoms. The first-order valence-corrected chi connectivity index (χ1v) is 9.67. The number of carbonyl (C=O) groups excluding carboxylic acids is 2. The second-order valence-corrected chi connectivity index (χ2v) is 9.30. The first kappa shape index (κ1) is 19.8. The van der Waals surface area contributed by atoms with Crippen molar-refractivity contribution in [3.8, 4) is 0 Å². The molecule has 0 fully saturated rings. The number of amides is 1. The molecule has 0 aromatic carbocycles. The number of rotatable bonds is 3. The Morgan fingerprint density at radius 1 is 1.36 bits per heavy atom. The molecule has 0 saturated heterocycles. The summed E-state index contributed by atoms with van der Waals surface area (Å²) >= 11 is 6.79. The molecule has 138 valence electrons. The minimum Gasteiger partial charge on any atom is -0.465 e. The predicted octanol–water partition coefficient (Wildman–Crippen LogP) is 3.91. The van der Waals surface area contributed by atoms with Crippen molar-refractivity contribution in [3.63, 3.8) is 0 Å². The Labute approximate surface area is 158 Å². The van der Waals surface area contributed by atoms with Crippen molar-refractivity contribution in [1.82, 2.24) is 5.32 Å². The second kappa shape index (κ2) is 7.83. The van der Waals surface area contributed by atoms with Crippen LogP contribution in [-0.4, -0.2) is 24.1 Å². The Hall–Kier alpha value is -1.47. The van der Waals surface area contributed by atoms with E-state index in [0.717, 1.165) is 24.8 Å². The highest BCUT2D eigenvalue weighted by Crippen LogP contribution is 2.40. The predicted molar refractivity (Wildman–Crippen MR) is 105 cm³/mol. The van der Waals surface area contributed by atoms with Gasteiger partial charge in [-0.25, -0.2) is 4.79 Å². The van der Waals surface area contributed by atoms with Gasteiger partial charge >= 0.3 is 5.97 Å². The highest BCUT2D eigenvalue weighted by Gasteiger charge is 2.28. The van der Waals surface area contributed by atoms with Crippen molar-refractivity contribution < 1.29 is 14.3 Å². The number of hydrogen-bond donors (Lipinski definition) is 2. The van der Waals surface area contributed by atoms with Gasteiger partial charge < -0.3 is 15.4 Å². The standard InChI is InChI=1S/C18H26N2O3S2/c1-10-6-7-11-12(8-10)25-15(14(11)16(22)23-5)20-17(24)19-13(21)9-18(2,3)4/h10H,6-9H2,1-5H3,(H2,19,20,21,24). The minimum atomic E-state index is -0.363. The van der Waals surface area contributed by atoms with Crippen LogP contribution in [0.2, 0.25) is 0 Å². The number of nitrogens with one attached hydrogen (secondary N) is 2. The van der Waals surface area contributed by atoms with E-state index < -0.39 is 0 Å². The van der Waals surface area contributed by atoms with Gasteiger partial charge in [-0.3, -0.25) is 4.79 Å². The molecule has 1 aliphatic rings. The summed E-state index contributed by atoms with van der Waals surface area (Å²) in [6.07, 6.45) is 3.24. The zero-order valence-corrected chi connectivity index (χ0v) is 17.1. The molecule has 1 aromatic rings. The summed E-state index contributed by atoms with van der Waals surface area (Å²) in [7, 11) is 1.38. The quantitative estimate of drug-likeness (QED) is 0.613. The highest BCUT2D eigenvalue weighted by atomic mass is 32.1. The van der Waals surface area contributed by atoms with E-state index in [0.29, 0.717) is 22.9 Å². The van der Waals surface area contributed by atoms with Crippen LogP contribution in [0.1, 0.15) is 61.3 Å². The number of carbonyl (C=O) groups is 2. The monoisotopic (exact) mass is 382 g/mol. The minimum absolute atomic E-state index is 0.116. The van der Waals surface area contributed by atoms with Gasteiger partial charge in [-0.2, -0.15) is 0 Å². The average Bonchev–Trinajstić information content (AvgIpc) is 2.80. The lowest BCUT2D eigenvalue weighted by Gasteiger charge is -2.18. The molecular weight excluding hydrogens is 356 g/mol. The van der Waals surface area contributed by atoms with E-state index in [1.165, 1.54) is 23.3 Å². The van der Waals surface area contributed by atoms with E-state index in [4.69, 9.17) is 17.0 Å². The first-order valence-electron chi connectivity index (χ1n) is 8.44. The molecule has 2 N–H and O–H groups in total. The van der Waals surface area contributed by atoms with Crippen molar-refractivity contribution >= 4 is 45.5 Å². The van der Waals surface area contributed by atoms with Gasteiger partial charge in [0.2, 0.25) is 5.91 Å². The first-order chi connectivity index (χ1) is 11.6. The molecule has 1 heterocycles. The smallest absolute Gasteiger partial charge is 0.341 e. The van der Waals surface area contributed by atoms with Gasteiger partial charge in [0.15, 0.2) is 5.11 Å². The molecule has 7 heteroatoms. The Morgan fingerprint density at radius 3 is 2.64 bits per heavy atom. The summed E-state index contributed by atoms with van der Waals surface area (Å²) in [5, 5.41) is 6.60. The van der Waals surface area contributed by atoms with Gasteiger partial charge in [-0.05, 0) is 48.4 Å². The largest absolute Gasteiger partial charge is 0.465 e. The average molecular weight is 383 g/mol. The van der Waals surface area contributed by atoms with Crippen LogP contribution < -0.4 is 10.6 Å². The van der Waals surface area contributed by atoms with Crippen molar-refractivity contribution in [2.45, 2.75) is 53.4 Å². The maximum Gasteiger partial charge on any atom is 0.341 e. The molecule has 0 bridgehead atoms. The van der Waals surface area contributed by atoms with Gasteiger partial charge in [0.05, 0.1) is 12.7 Å². The van der Waals surface area contributed by atoms with Gasteiger partial charge in [0.1, 0.15) is 5.00 Å². The number of thiophene rings is 1. The van der Waals surface area contributed by atoms with E-state index in [9.17, 15) is 9.59 Å². The van der Waals surface area contributed by atoms with E-state index in [1.54, 1.807) is 0 Å². The highest BCUT2D eigenvalue weighted by molar-refractivity contribution is 7.80. The molecule has 0 aliphatic heterocycles. The summed E-state index contributed by atoms with van der Waals surface area (Å²) in [4.78, 5) is 25.5.